The SMILES string of the molecule is CCNc1nc(Cl)nc(NC(C)C)n1.CCOC(=O)COC(=O)c1cc(Oc2ccc(C(F)(F)F)cc2Cl)ccc1[N+](=O)[O-].COc1cc(OC)nc(NC(=O)NS(=O)(=O)c2ncccc2C(=O)N(C)C)n1.O=C(O)CNCP(=O)(O)O. The van der Waals surface area contributed by atoms with Crippen LogP contribution in [0.2, 0.25) is 10.3 Å². The zero-order valence-corrected chi connectivity index (χ0v) is 47.4. The molecule has 31 nitrogen and oxygen atoms in total. The van der Waals surface area contributed by atoms with E-state index >= 15 is 0 Å². The third-order valence-corrected chi connectivity index (χ3v) is 11.1. The molecule has 5 aromatic rings. The third-order valence-electron chi connectivity index (χ3n) is 8.66. The summed E-state index contributed by atoms with van der Waals surface area (Å²) < 4.78 is 99.5. The van der Waals surface area contributed by atoms with Crippen LogP contribution in [0.5, 0.6) is 23.3 Å². The molecule has 0 atom stereocenters. The quantitative estimate of drug-likeness (QED) is 0.0196. The number of ether oxygens (including phenoxy) is 5. The summed E-state index contributed by atoms with van der Waals surface area (Å²) in [5.74, 6) is -3.17. The average molecular weight is 1240 g/mol. The zero-order chi connectivity index (χ0) is 62.1. The molecule has 0 radical (unpaired) electrons. The minimum atomic E-state index is -4.61. The number of hydrogen-bond donors (Lipinski definition) is 8. The average Bonchev–Trinajstić information content (AvgIpc) is 3.37. The fourth-order valence-electron chi connectivity index (χ4n) is 5.39. The molecule has 3 amide bonds. The number of amides is 3. The molecule has 2 aromatic carbocycles. The molecule has 0 saturated carbocycles. The van der Waals surface area contributed by atoms with Gasteiger partial charge in [0.25, 0.3) is 21.6 Å². The molecule has 0 unspecified atom stereocenters. The first-order valence-electron chi connectivity index (χ1n) is 22.8. The lowest BCUT2D eigenvalue weighted by atomic mass is 10.1. The van der Waals surface area contributed by atoms with E-state index in [1.165, 1.54) is 64.5 Å². The summed E-state index contributed by atoms with van der Waals surface area (Å²) in [6, 6.07) is 8.52. The molecule has 3 aromatic heterocycles. The summed E-state index contributed by atoms with van der Waals surface area (Å²) in [7, 11) is -2.94. The lowest BCUT2D eigenvalue weighted by Crippen LogP contribution is -2.36. The van der Waals surface area contributed by atoms with Gasteiger partial charge in [0.15, 0.2) is 11.6 Å². The van der Waals surface area contributed by atoms with Crippen molar-refractivity contribution in [3.63, 3.8) is 0 Å². The van der Waals surface area contributed by atoms with Crippen LogP contribution in [0, 0.1) is 10.1 Å². The predicted molar refractivity (Wildman–Crippen MR) is 284 cm³/mol. The van der Waals surface area contributed by atoms with Crippen molar-refractivity contribution in [3.8, 4) is 23.3 Å². The molecule has 0 bridgehead atoms. The first-order chi connectivity index (χ1) is 38.2. The Hall–Kier alpha value is -8.34. The van der Waals surface area contributed by atoms with Crippen LogP contribution in [0.1, 0.15) is 54.0 Å². The van der Waals surface area contributed by atoms with Gasteiger partial charge in [-0.3, -0.25) is 34.9 Å². The van der Waals surface area contributed by atoms with Crippen molar-refractivity contribution < 1.29 is 93.6 Å². The number of alkyl halides is 3. The number of aromatic nitrogens is 6. The Kier molecular flexibility index (Phi) is 27.9. The summed E-state index contributed by atoms with van der Waals surface area (Å²) >= 11 is 11.5. The number of carbonyl (C=O) groups excluding carboxylic acids is 4. The normalized spacial score (nSPS) is 10.8. The smallest absolute Gasteiger partial charge is 0.416 e. The van der Waals surface area contributed by atoms with E-state index < -0.39 is 99.8 Å². The standard InChI is InChI=1S/C18H13ClF3NO7.C15H18N6O6S.C8H14ClN5.C3H8NO5P/c1-2-28-16(24)9-29-17(25)12-8-11(4-5-14(12)23(26)27)30-15-6-3-10(7-13(15)19)18(20,21)22;1-21(2)13(22)9-6-5-7-16-12(9)28(24,25)20-15(23)19-14-17-10(26-3)8-11(18-14)27-4;1-4-10-7-12-6(9)13-8(14-7)11-5(2)3;5-3(6)1-4-2-10(7,8)9/h3-8H,2,9H2,1H3;5-8H,1-4H3,(H2,17,18,19,20,23);5H,4H2,1-3H3,(H2,10,11,12,13,14);4H,1-2H2,(H,5,6)(H2,7,8,9). The van der Waals surface area contributed by atoms with Crippen LogP contribution < -0.4 is 40.2 Å². The van der Waals surface area contributed by atoms with Crippen LogP contribution in [0.4, 0.5) is 41.5 Å². The van der Waals surface area contributed by atoms with Gasteiger partial charge >= 0.3 is 37.7 Å². The Morgan fingerprint density at radius 3 is 2.04 bits per heavy atom. The predicted octanol–water partition coefficient (Wildman–Crippen LogP) is 5.45. The third kappa shape index (κ3) is 25.0. The van der Waals surface area contributed by atoms with Crippen molar-refractivity contribution in [2.75, 3.05) is 76.9 Å². The number of anilines is 3. The van der Waals surface area contributed by atoms with Gasteiger partial charge in [0.1, 0.15) is 17.1 Å². The largest absolute Gasteiger partial charge is 0.481 e. The maximum Gasteiger partial charge on any atom is 0.416 e. The van der Waals surface area contributed by atoms with E-state index in [0.717, 1.165) is 36.9 Å². The van der Waals surface area contributed by atoms with Gasteiger partial charge in [-0.1, -0.05) is 11.6 Å². The number of carboxylic acids is 1. The number of hydrogen-bond acceptors (Lipinski definition) is 24. The van der Waals surface area contributed by atoms with Crippen LogP contribution >= 0.6 is 30.8 Å². The van der Waals surface area contributed by atoms with Gasteiger partial charge in [-0.15, -0.1) is 0 Å². The monoisotopic (exact) mass is 1240 g/mol. The van der Waals surface area contributed by atoms with Gasteiger partial charge < -0.3 is 54.1 Å². The number of benzene rings is 2. The van der Waals surface area contributed by atoms with E-state index in [0.29, 0.717) is 18.0 Å². The Bertz CT molecular complexity index is 3180. The number of halogens is 5. The molecule has 0 saturated heterocycles. The maximum absolute atomic E-state index is 12.7. The van der Waals surface area contributed by atoms with Crippen molar-refractivity contribution in [3.05, 3.63) is 97.9 Å². The lowest BCUT2D eigenvalue weighted by molar-refractivity contribution is -0.385. The number of rotatable bonds is 21. The highest BCUT2D eigenvalue weighted by molar-refractivity contribution is 7.90. The maximum atomic E-state index is 12.7. The minimum Gasteiger partial charge on any atom is -0.481 e. The number of carbonyl (C=O) groups is 5. The van der Waals surface area contributed by atoms with E-state index in [2.05, 4.69) is 55.9 Å². The van der Waals surface area contributed by atoms with Gasteiger partial charge in [0.05, 0.1) is 60.8 Å². The van der Waals surface area contributed by atoms with Crippen molar-refractivity contribution in [2.24, 2.45) is 0 Å². The molecule has 0 spiro atoms. The fourth-order valence-corrected chi connectivity index (χ4v) is 7.21. The van der Waals surface area contributed by atoms with Crippen LogP contribution in [0.3, 0.4) is 0 Å². The topological polar surface area (TPSA) is 427 Å². The van der Waals surface area contributed by atoms with Crippen LogP contribution in [0.25, 0.3) is 0 Å². The molecule has 448 valence electrons. The minimum absolute atomic E-state index is 0.0493. The van der Waals surface area contributed by atoms with Crippen molar-refractivity contribution >= 4 is 94.2 Å². The summed E-state index contributed by atoms with van der Waals surface area (Å²) in [4.78, 5) is 109. The van der Waals surface area contributed by atoms with Crippen LogP contribution in [0.15, 0.2) is 65.8 Å². The number of nitro groups is 1. The van der Waals surface area contributed by atoms with Gasteiger partial charge in [0.2, 0.25) is 34.9 Å². The summed E-state index contributed by atoms with van der Waals surface area (Å²) in [6.07, 6.45) is -4.01. The van der Waals surface area contributed by atoms with E-state index in [4.69, 9.17) is 57.0 Å². The summed E-state index contributed by atoms with van der Waals surface area (Å²) in [6.45, 7) is 7.11. The first-order valence-corrected chi connectivity index (χ1v) is 26.8. The van der Waals surface area contributed by atoms with Gasteiger partial charge in [-0.05, 0) is 75.7 Å². The number of carboxylic acid groups (broad SMARTS) is 1. The fraction of sp³-hybridized carbons (Fsp3) is 0.341. The molecule has 5 rings (SSSR count). The van der Waals surface area contributed by atoms with Gasteiger partial charge in [-0.2, -0.15) is 46.5 Å². The van der Waals surface area contributed by atoms with Crippen molar-refractivity contribution in [1.82, 2.24) is 44.8 Å². The molecule has 0 aliphatic carbocycles. The molecular formula is C44H53Cl2F3N13O18PS. The number of nitrogens with one attached hydrogen (secondary N) is 5. The number of nitro benzene ring substituents is 1. The van der Waals surface area contributed by atoms with Gasteiger partial charge in [0, 0.05) is 45.0 Å². The molecule has 3 heterocycles. The second-order valence-electron chi connectivity index (χ2n) is 15.7. The number of aliphatic carboxylic acids is 1. The number of nitrogens with zero attached hydrogens (tertiary/aromatic N) is 8. The molecular weight excluding hydrogens is 1190 g/mol. The number of esters is 2. The number of methoxy groups -OCH3 is 2. The van der Waals surface area contributed by atoms with Crippen molar-refractivity contribution in [1.29, 1.82) is 0 Å². The second-order valence-corrected chi connectivity index (χ2v) is 19.7. The molecule has 82 heavy (non-hydrogen) atoms. The van der Waals surface area contributed by atoms with E-state index in [9.17, 15) is 60.2 Å². The first kappa shape index (κ1) is 69.8. The Labute approximate surface area is 474 Å². The highest BCUT2D eigenvalue weighted by atomic mass is 35.5. The van der Waals surface area contributed by atoms with E-state index in [1.807, 2.05) is 20.8 Å². The summed E-state index contributed by atoms with van der Waals surface area (Å²) in [5, 5.41) is 28.6. The lowest BCUT2D eigenvalue weighted by Gasteiger charge is -2.14. The van der Waals surface area contributed by atoms with Crippen LogP contribution in [-0.2, 0) is 39.8 Å². The second kappa shape index (κ2) is 32.8. The molecule has 0 aliphatic heterocycles. The Morgan fingerprint density at radius 1 is 0.878 bits per heavy atom. The number of sulfonamides is 1. The van der Waals surface area contributed by atoms with Crippen molar-refractivity contribution in [2.45, 2.75) is 44.9 Å². The van der Waals surface area contributed by atoms with Crippen LogP contribution in [-0.4, -0.2) is 160 Å². The van der Waals surface area contributed by atoms with Gasteiger partial charge in [-0.25, -0.2) is 24.1 Å². The highest BCUT2D eigenvalue weighted by Gasteiger charge is 2.32. The Balaban J connectivity index is 0.000000405. The number of urea groups is 1. The zero-order valence-electron chi connectivity index (χ0n) is 44.2. The van der Waals surface area contributed by atoms with E-state index in [-0.39, 0.29) is 57.7 Å². The molecule has 38 heteroatoms. The Morgan fingerprint density at radius 2 is 1.51 bits per heavy atom. The molecule has 0 aliphatic rings. The molecule has 0 fully saturated rings. The van der Waals surface area contributed by atoms with E-state index in [1.54, 1.807) is 4.72 Å². The summed E-state index contributed by atoms with van der Waals surface area (Å²) in [5.41, 5.74) is -2.35. The number of pyridine rings is 1. The highest BCUT2D eigenvalue weighted by Crippen LogP contribution is 2.37. The molecule has 8 N–H and O–H groups in total.